The largest absolute Gasteiger partial charge is 0.376 e. The van der Waals surface area contributed by atoms with Gasteiger partial charge >= 0.3 is 0 Å². The average molecular weight is 421 g/mol. The molecule has 2 fully saturated rings. The van der Waals surface area contributed by atoms with Crippen LogP contribution in [0.5, 0.6) is 0 Å². The Morgan fingerprint density at radius 1 is 0.968 bits per heavy atom. The summed E-state index contributed by atoms with van der Waals surface area (Å²) in [5.74, 6) is 0.721. The summed E-state index contributed by atoms with van der Waals surface area (Å²) in [6.45, 7) is 9.85. The van der Waals surface area contributed by atoms with E-state index >= 15 is 0 Å². The first-order chi connectivity index (χ1) is 15.1. The van der Waals surface area contributed by atoms with E-state index in [4.69, 9.17) is 4.74 Å². The Kier molecular flexibility index (Phi) is 7.41. The van der Waals surface area contributed by atoms with Gasteiger partial charge in [-0.25, -0.2) is 0 Å². The van der Waals surface area contributed by atoms with E-state index < -0.39 is 0 Å². The van der Waals surface area contributed by atoms with E-state index in [1.807, 2.05) is 31.2 Å². The van der Waals surface area contributed by atoms with Gasteiger partial charge in [-0.05, 0) is 81.3 Å². The van der Waals surface area contributed by atoms with Crippen LogP contribution in [-0.2, 0) is 11.3 Å². The lowest BCUT2D eigenvalue weighted by atomic mass is 9.94. The molecule has 2 saturated heterocycles. The van der Waals surface area contributed by atoms with Gasteiger partial charge in [0.25, 0.3) is 5.91 Å². The molecule has 0 aliphatic carbocycles. The van der Waals surface area contributed by atoms with Crippen LogP contribution in [-0.4, -0.2) is 54.6 Å². The van der Waals surface area contributed by atoms with Gasteiger partial charge in [-0.15, -0.1) is 0 Å². The third-order valence-electron chi connectivity index (χ3n) is 6.95. The fourth-order valence-electron chi connectivity index (χ4n) is 4.92. The Bertz CT molecular complexity index is 867. The van der Waals surface area contributed by atoms with E-state index in [1.54, 1.807) is 0 Å². The molecule has 2 heterocycles. The normalized spacial score (nSPS) is 20.1. The molecular formula is C27H36N2O2. The standard InChI is InChI=1S/C27H36N2O2/c1-21-8-3-5-10-24(21)19-28-15-13-23(14-16-28)18-29(20-25-11-7-17-31-25)27(30)26-12-6-4-9-22(26)2/h3-6,8-10,12,23,25H,7,11,13-20H2,1-2H3/t25-/m1/s1. The van der Waals surface area contributed by atoms with Crippen LogP contribution in [0, 0.1) is 19.8 Å². The first kappa shape index (κ1) is 22.0. The Hall–Kier alpha value is -2.17. The fourth-order valence-corrected chi connectivity index (χ4v) is 4.92. The first-order valence-corrected chi connectivity index (χ1v) is 11.8. The van der Waals surface area contributed by atoms with Gasteiger partial charge in [-0.2, -0.15) is 0 Å². The lowest BCUT2D eigenvalue weighted by Gasteiger charge is -2.36. The SMILES string of the molecule is Cc1ccccc1CN1CCC(CN(C[C@H]2CCCO2)C(=O)c2ccccc2C)CC1. The molecule has 4 heteroatoms. The first-order valence-electron chi connectivity index (χ1n) is 11.8. The molecule has 166 valence electrons. The molecule has 2 aromatic rings. The van der Waals surface area contributed by atoms with Gasteiger partial charge in [-0.3, -0.25) is 9.69 Å². The highest BCUT2D eigenvalue weighted by Gasteiger charge is 2.28. The quantitative estimate of drug-likeness (QED) is 0.643. The number of ether oxygens (including phenoxy) is 1. The van der Waals surface area contributed by atoms with Crippen molar-refractivity contribution in [1.82, 2.24) is 9.80 Å². The maximum Gasteiger partial charge on any atom is 0.254 e. The number of amides is 1. The summed E-state index contributed by atoms with van der Waals surface area (Å²) >= 11 is 0. The number of carbonyl (C=O) groups excluding carboxylic acids is 1. The van der Waals surface area contributed by atoms with Crippen molar-refractivity contribution >= 4 is 5.91 Å². The molecule has 4 rings (SSSR count). The third-order valence-corrected chi connectivity index (χ3v) is 6.95. The summed E-state index contributed by atoms with van der Waals surface area (Å²) < 4.78 is 5.88. The second kappa shape index (κ2) is 10.4. The zero-order valence-corrected chi connectivity index (χ0v) is 19.1. The van der Waals surface area contributed by atoms with Gasteiger partial charge in [0.05, 0.1) is 6.10 Å². The maximum absolute atomic E-state index is 13.4. The Labute approximate surface area is 187 Å². The van der Waals surface area contributed by atoms with Crippen molar-refractivity contribution in [2.75, 3.05) is 32.8 Å². The van der Waals surface area contributed by atoms with Gasteiger partial charge < -0.3 is 9.64 Å². The topological polar surface area (TPSA) is 32.8 Å². The summed E-state index contributed by atoms with van der Waals surface area (Å²) in [6.07, 6.45) is 4.65. The number of likely N-dealkylation sites (tertiary alicyclic amines) is 1. The Morgan fingerprint density at radius 3 is 2.35 bits per heavy atom. The maximum atomic E-state index is 13.4. The Morgan fingerprint density at radius 2 is 1.68 bits per heavy atom. The zero-order valence-electron chi connectivity index (χ0n) is 19.1. The molecule has 0 unspecified atom stereocenters. The number of aryl methyl sites for hydroxylation is 2. The van der Waals surface area contributed by atoms with Crippen molar-refractivity contribution in [1.29, 1.82) is 0 Å². The molecule has 0 bridgehead atoms. The van der Waals surface area contributed by atoms with Crippen molar-refractivity contribution in [3.63, 3.8) is 0 Å². The molecule has 2 aliphatic heterocycles. The predicted molar refractivity (Wildman–Crippen MR) is 125 cm³/mol. The number of rotatable bonds is 7. The smallest absolute Gasteiger partial charge is 0.254 e. The van der Waals surface area contributed by atoms with Crippen molar-refractivity contribution in [2.45, 2.75) is 52.2 Å². The molecule has 0 saturated carbocycles. The van der Waals surface area contributed by atoms with E-state index in [9.17, 15) is 4.79 Å². The van der Waals surface area contributed by atoms with E-state index in [0.29, 0.717) is 5.92 Å². The molecule has 2 aromatic carbocycles. The molecule has 4 nitrogen and oxygen atoms in total. The molecular weight excluding hydrogens is 384 g/mol. The van der Waals surface area contributed by atoms with Crippen LogP contribution in [0.4, 0.5) is 0 Å². The molecule has 2 aliphatic rings. The number of hydrogen-bond donors (Lipinski definition) is 0. The van der Waals surface area contributed by atoms with Gasteiger partial charge in [0, 0.05) is 31.8 Å². The molecule has 0 N–H and O–H groups in total. The van der Waals surface area contributed by atoms with Crippen molar-refractivity contribution < 1.29 is 9.53 Å². The highest BCUT2D eigenvalue weighted by atomic mass is 16.5. The minimum Gasteiger partial charge on any atom is -0.376 e. The number of piperidine rings is 1. The van der Waals surface area contributed by atoms with Crippen LogP contribution in [0.25, 0.3) is 0 Å². The molecule has 1 atom stereocenters. The van der Waals surface area contributed by atoms with Crippen LogP contribution in [0.1, 0.15) is 52.7 Å². The Balaban J connectivity index is 1.37. The van der Waals surface area contributed by atoms with Crippen LogP contribution in [0.15, 0.2) is 48.5 Å². The van der Waals surface area contributed by atoms with Crippen molar-refractivity contribution in [3.05, 3.63) is 70.8 Å². The lowest BCUT2D eigenvalue weighted by molar-refractivity contribution is 0.0444. The average Bonchev–Trinajstić information content (AvgIpc) is 3.29. The van der Waals surface area contributed by atoms with Crippen LogP contribution < -0.4 is 0 Å². The highest BCUT2D eigenvalue weighted by Crippen LogP contribution is 2.24. The van der Waals surface area contributed by atoms with Crippen LogP contribution in [0.2, 0.25) is 0 Å². The number of benzene rings is 2. The second-order valence-electron chi connectivity index (χ2n) is 9.31. The van der Waals surface area contributed by atoms with Gasteiger partial charge in [0.2, 0.25) is 0 Å². The number of nitrogens with zero attached hydrogens (tertiary/aromatic N) is 2. The predicted octanol–water partition coefficient (Wildman–Crippen LogP) is 4.84. The second-order valence-corrected chi connectivity index (χ2v) is 9.31. The fraction of sp³-hybridized carbons (Fsp3) is 0.519. The van der Waals surface area contributed by atoms with E-state index in [1.165, 1.54) is 11.1 Å². The van der Waals surface area contributed by atoms with E-state index in [-0.39, 0.29) is 12.0 Å². The summed E-state index contributed by atoms with van der Waals surface area (Å²) in [4.78, 5) is 18.1. The monoisotopic (exact) mass is 420 g/mol. The minimum absolute atomic E-state index is 0.163. The van der Waals surface area contributed by atoms with Crippen LogP contribution >= 0.6 is 0 Å². The summed E-state index contributed by atoms with van der Waals surface area (Å²) in [5.41, 5.74) is 4.68. The van der Waals surface area contributed by atoms with Crippen molar-refractivity contribution in [3.8, 4) is 0 Å². The van der Waals surface area contributed by atoms with Gasteiger partial charge in [0.15, 0.2) is 0 Å². The molecule has 0 spiro atoms. The van der Waals surface area contributed by atoms with Gasteiger partial charge in [-0.1, -0.05) is 42.5 Å². The zero-order chi connectivity index (χ0) is 21.6. The number of hydrogen-bond acceptors (Lipinski definition) is 3. The molecule has 31 heavy (non-hydrogen) atoms. The molecule has 0 aromatic heterocycles. The highest BCUT2D eigenvalue weighted by molar-refractivity contribution is 5.95. The summed E-state index contributed by atoms with van der Waals surface area (Å²) in [6, 6.07) is 16.6. The lowest BCUT2D eigenvalue weighted by Crippen LogP contribution is -2.43. The van der Waals surface area contributed by atoms with Crippen LogP contribution in [0.3, 0.4) is 0 Å². The molecule has 1 amide bonds. The summed E-state index contributed by atoms with van der Waals surface area (Å²) in [5, 5.41) is 0. The van der Waals surface area contributed by atoms with E-state index in [2.05, 4.69) is 41.0 Å². The van der Waals surface area contributed by atoms with Gasteiger partial charge in [0.1, 0.15) is 0 Å². The minimum atomic E-state index is 0.163. The molecule has 0 radical (unpaired) electrons. The third kappa shape index (κ3) is 5.75. The van der Waals surface area contributed by atoms with Crippen molar-refractivity contribution in [2.24, 2.45) is 5.92 Å². The van der Waals surface area contributed by atoms with E-state index in [0.717, 1.165) is 76.1 Å². The summed E-state index contributed by atoms with van der Waals surface area (Å²) in [7, 11) is 0. The number of carbonyl (C=O) groups is 1.